The van der Waals surface area contributed by atoms with Crippen LogP contribution in [0, 0.1) is 5.92 Å². The first-order chi connectivity index (χ1) is 11.2. The van der Waals surface area contributed by atoms with E-state index in [4.69, 9.17) is 4.74 Å². The molecule has 0 radical (unpaired) electrons. The van der Waals surface area contributed by atoms with Crippen molar-refractivity contribution in [2.24, 2.45) is 5.92 Å². The van der Waals surface area contributed by atoms with E-state index in [0.717, 1.165) is 17.7 Å². The number of phenolic OH excluding ortho intramolecular Hbond substituents is 1. The monoisotopic (exact) mass is 309 g/mol. The molecule has 0 unspecified atom stereocenters. The zero-order valence-electron chi connectivity index (χ0n) is 13.0. The second kappa shape index (κ2) is 5.30. The van der Waals surface area contributed by atoms with Gasteiger partial charge >= 0.3 is 5.97 Å². The van der Waals surface area contributed by atoms with Gasteiger partial charge in [0.2, 0.25) is 0 Å². The maximum atomic E-state index is 12.4. The lowest BCUT2D eigenvalue weighted by Gasteiger charge is -2.36. The van der Waals surface area contributed by atoms with E-state index in [0.29, 0.717) is 6.61 Å². The van der Waals surface area contributed by atoms with Crippen LogP contribution in [0.1, 0.15) is 29.5 Å². The van der Waals surface area contributed by atoms with Crippen molar-refractivity contribution in [3.8, 4) is 5.75 Å². The summed E-state index contributed by atoms with van der Waals surface area (Å²) in [5.74, 6) is 0.280. The highest BCUT2D eigenvalue weighted by molar-refractivity contribution is 5.83. The predicted molar refractivity (Wildman–Crippen MR) is 87.6 cm³/mol. The molecule has 118 valence electrons. The molecule has 0 saturated carbocycles. The predicted octanol–water partition coefficient (Wildman–Crippen LogP) is 3.05. The van der Waals surface area contributed by atoms with Crippen molar-refractivity contribution in [3.05, 3.63) is 59.2 Å². The van der Waals surface area contributed by atoms with Gasteiger partial charge in [0.15, 0.2) is 0 Å². The Bertz CT molecular complexity index is 771. The van der Waals surface area contributed by atoms with Gasteiger partial charge in [0.1, 0.15) is 11.8 Å². The van der Waals surface area contributed by atoms with Gasteiger partial charge in [-0.2, -0.15) is 0 Å². The summed E-state index contributed by atoms with van der Waals surface area (Å²) in [6.45, 7) is 2.21. The molecular weight excluding hydrogens is 290 g/mol. The van der Waals surface area contributed by atoms with Crippen LogP contribution in [0.5, 0.6) is 5.75 Å². The minimum absolute atomic E-state index is 0.112. The van der Waals surface area contributed by atoms with Crippen LogP contribution in [0.3, 0.4) is 0 Å². The Morgan fingerprint density at radius 1 is 1.26 bits per heavy atom. The van der Waals surface area contributed by atoms with E-state index in [-0.39, 0.29) is 29.6 Å². The minimum Gasteiger partial charge on any atom is -0.508 e. The number of carbonyl (C=O) groups excluding carboxylic acids is 1. The van der Waals surface area contributed by atoms with Gasteiger partial charge in [-0.3, -0.25) is 0 Å². The van der Waals surface area contributed by atoms with E-state index in [1.54, 1.807) is 6.07 Å². The van der Waals surface area contributed by atoms with Crippen LogP contribution >= 0.6 is 0 Å². The molecule has 0 aromatic heterocycles. The Morgan fingerprint density at radius 2 is 2.09 bits per heavy atom. The smallest absolute Gasteiger partial charge is 0.328 e. The highest BCUT2D eigenvalue weighted by Crippen LogP contribution is 2.50. The van der Waals surface area contributed by atoms with Crippen LogP contribution < -0.4 is 5.32 Å². The molecule has 1 heterocycles. The first-order valence-corrected chi connectivity index (χ1v) is 8.03. The number of carbonyl (C=O) groups is 1. The number of nitrogens with one attached hydrogen (secondary N) is 1. The summed E-state index contributed by atoms with van der Waals surface area (Å²) in [5, 5.41) is 13.2. The normalized spacial score (nSPS) is 24.1. The first kappa shape index (κ1) is 14.1. The second-order valence-corrected chi connectivity index (χ2v) is 6.19. The summed E-state index contributed by atoms with van der Waals surface area (Å²) in [6.07, 6.45) is 0.840. The number of rotatable bonds is 2. The minimum atomic E-state index is -0.357. The van der Waals surface area contributed by atoms with Crippen LogP contribution in [0.25, 0.3) is 0 Å². The largest absolute Gasteiger partial charge is 0.508 e. The summed E-state index contributed by atoms with van der Waals surface area (Å²) in [4.78, 5) is 12.4. The molecule has 0 fully saturated rings. The summed E-state index contributed by atoms with van der Waals surface area (Å²) in [7, 11) is 0. The average molecular weight is 309 g/mol. The number of ether oxygens (including phenoxy) is 1. The lowest BCUT2D eigenvalue weighted by atomic mass is 9.77. The molecular formula is C19H19NO3. The van der Waals surface area contributed by atoms with Gasteiger partial charge in [0.05, 0.1) is 6.61 Å². The van der Waals surface area contributed by atoms with Gasteiger partial charge < -0.3 is 15.2 Å². The van der Waals surface area contributed by atoms with Crippen LogP contribution in [-0.4, -0.2) is 23.7 Å². The summed E-state index contributed by atoms with van der Waals surface area (Å²) < 4.78 is 5.28. The van der Waals surface area contributed by atoms with Crippen LogP contribution in [0.2, 0.25) is 0 Å². The van der Waals surface area contributed by atoms with Crippen molar-refractivity contribution >= 4 is 11.7 Å². The van der Waals surface area contributed by atoms with Crippen molar-refractivity contribution in [1.82, 2.24) is 0 Å². The van der Waals surface area contributed by atoms with E-state index in [2.05, 4.69) is 17.4 Å². The molecule has 4 rings (SSSR count). The Balaban J connectivity index is 1.84. The number of esters is 1. The molecule has 0 amide bonds. The van der Waals surface area contributed by atoms with Gasteiger partial charge in [0, 0.05) is 17.5 Å². The molecule has 1 aliphatic carbocycles. The molecule has 0 bridgehead atoms. The third kappa shape index (κ3) is 2.17. The van der Waals surface area contributed by atoms with Crippen LogP contribution in [-0.2, 0) is 16.0 Å². The summed E-state index contributed by atoms with van der Waals surface area (Å²) in [6, 6.07) is 13.3. The Labute approximate surface area is 135 Å². The average Bonchev–Trinajstić information content (AvgIpc) is 2.94. The fourth-order valence-electron chi connectivity index (χ4n) is 4.01. The topological polar surface area (TPSA) is 58.6 Å². The highest BCUT2D eigenvalue weighted by atomic mass is 16.5. The number of hydrogen-bond donors (Lipinski definition) is 2. The number of phenols is 1. The molecule has 23 heavy (non-hydrogen) atoms. The Morgan fingerprint density at radius 3 is 2.91 bits per heavy atom. The van der Waals surface area contributed by atoms with E-state index in [9.17, 15) is 9.90 Å². The quantitative estimate of drug-likeness (QED) is 0.661. The van der Waals surface area contributed by atoms with Crippen molar-refractivity contribution in [2.75, 3.05) is 11.9 Å². The van der Waals surface area contributed by atoms with Crippen molar-refractivity contribution in [1.29, 1.82) is 0 Å². The van der Waals surface area contributed by atoms with Gasteiger partial charge in [0.25, 0.3) is 0 Å². The third-order valence-corrected chi connectivity index (χ3v) is 4.92. The van der Waals surface area contributed by atoms with E-state index in [1.807, 2.05) is 31.2 Å². The molecule has 2 aromatic rings. The number of anilines is 1. The second-order valence-electron chi connectivity index (χ2n) is 6.19. The maximum Gasteiger partial charge on any atom is 0.328 e. The molecule has 0 spiro atoms. The molecule has 0 saturated heterocycles. The fourth-order valence-corrected chi connectivity index (χ4v) is 4.01. The maximum absolute atomic E-state index is 12.4. The number of aromatic hydroxyl groups is 1. The van der Waals surface area contributed by atoms with Gasteiger partial charge in [-0.05, 0) is 48.2 Å². The molecule has 2 N–H and O–H groups in total. The number of hydrogen-bond acceptors (Lipinski definition) is 4. The molecule has 4 nitrogen and oxygen atoms in total. The zero-order valence-corrected chi connectivity index (χ0v) is 13.0. The fraction of sp³-hybridized carbons (Fsp3) is 0.316. The molecule has 2 aromatic carbocycles. The Kier molecular flexibility index (Phi) is 3.26. The summed E-state index contributed by atoms with van der Waals surface area (Å²) in [5.41, 5.74) is 4.48. The molecule has 2 aliphatic rings. The summed E-state index contributed by atoms with van der Waals surface area (Å²) >= 11 is 0. The highest BCUT2D eigenvalue weighted by Gasteiger charge is 2.46. The standard InChI is InChI=1S/C19H19NO3/c1-2-23-19(22)18-15-9-11-5-3-4-6-13(11)17(15)14-10-12(21)7-8-16(14)20-18/h3-8,10,15,17-18,20-21H,2,9H2,1H3/t15-,17+,18+/m0/s1. The van der Waals surface area contributed by atoms with Gasteiger partial charge in [-0.1, -0.05) is 24.3 Å². The van der Waals surface area contributed by atoms with Crippen molar-refractivity contribution in [2.45, 2.75) is 25.3 Å². The van der Waals surface area contributed by atoms with Gasteiger partial charge in [-0.25, -0.2) is 4.79 Å². The van der Waals surface area contributed by atoms with E-state index < -0.39 is 0 Å². The molecule has 4 heteroatoms. The lowest BCUT2D eigenvalue weighted by molar-refractivity contribution is -0.145. The lowest BCUT2D eigenvalue weighted by Crippen LogP contribution is -2.43. The first-order valence-electron chi connectivity index (χ1n) is 8.03. The van der Waals surface area contributed by atoms with Crippen molar-refractivity contribution < 1.29 is 14.6 Å². The molecule has 1 aliphatic heterocycles. The molecule has 3 atom stereocenters. The SMILES string of the molecule is CCOC(=O)[C@@H]1Nc2ccc(O)cc2[C@H]2c3ccccc3C[C@@H]21. The Hall–Kier alpha value is -2.49. The zero-order chi connectivity index (χ0) is 16.0. The van der Waals surface area contributed by atoms with Crippen LogP contribution in [0.15, 0.2) is 42.5 Å². The van der Waals surface area contributed by atoms with E-state index >= 15 is 0 Å². The number of benzene rings is 2. The van der Waals surface area contributed by atoms with Crippen molar-refractivity contribution in [3.63, 3.8) is 0 Å². The number of fused-ring (bicyclic) bond motifs is 5. The third-order valence-electron chi connectivity index (χ3n) is 4.92. The van der Waals surface area contributed by atoms with E-state index in [1.165, 1.54) is 11.1 Å². The van der Waals surface area contributed by atoms with Gasteiger partial charge in [-0.15, -0.1) is 0 Å². The van der Waals surface area contributed by atoms with Crippen LogP contribution in [0.4, 0.5) is 5.69 Å².